The van der Waals surface area contributed by atoms with E-state index in [9.17, 15) is 14.4 Å². The molecule has 2 amide bonds. The fraction of sp³-hybridized carbons (Fsp3) is 0.174. The van der Waals surface area contributed by atoms with Crippen molar-refractivity contribution >= 4 is 33.9 Å². The summed E-state index contributed by atoms with van der Waals surface area (Å²) in [5.41, 5.74) is 6.63. The number of carbonyl (C=O) groups excluding carboxylic acids is 3. The lowest BCUT2D eigenvalue weighted by Gasteiger charge is -2.12. The van der Waals surface area contributed by atoms with Crippen molar-refractivity contribution in [2.75, 3.05) is 18.5 Å². The van der Waals surface area contributed by atoms with E-state index in [0.717, 1.165) is 10.4 Å². The van der Waals surface area contributed by atoms with Gasteiger partial charge in [0.15, 0.2) is 11.5 Å². The maximum Gasteiger partial charge on any atom is 0.297 e. The minimum absolute atomic E-state index is 0.143. The van der Waals surface area contributed by atoms with E-state index in [1.54, 1.807) is 12.1 Å². The van der Waals surface area contributed by atoms with Crippen LogP contribution in [0.5, 0.6) is 11.5 Å². The van der Waals surface area contributed by atoms with E-state index in [-0.39, 0.29) is 16.1 Å². The molecule has 2 aromatic carbocycles. The summed E-state index contributed by atoms with van der Waals surface area (Å²) < 4.78 is 11.0. The van der Waals surface area contributed by atoms with Gasteiger partial charge in [0.05, 0.1) is 18.8 Å². The van der Waals surface area contributed by atoms with Gasteiger partial charge in [0.2, 0.25) is 0 Å². The van der Waals surface area contributed by atoms with Gasteiger partial charge in [-0.25, -0.2) is 0 Å². The first kappa shape index (κ1) is 22.0. The van der Waals surface area contributed by atoms with Crippen LogP contribution >= 0.6 is 11.3 Å². The molecule has 8 heteroatoms. The Morgan fingerprint density at radius 1 is 0.935 bits per heavy atom. The molecule has 0 spiro atoms. The van der Waals surface area contributed by atoms with Crippen molar-refractivity contribution in [2.24, 2.45) is 5.73 Å². The van der Waals surface area contributed by atoms with E-state index in [0.29, 0.717) is 24.7 Å². The molecular formula is C23H22N2O5S. The molecule has 0 saturated heterocycles. The van der Waals surface area contributed by atoms with Crippen LogP contribution in [-0.4, -0.2) is 30.8 Å². The number of primary amides is 1. The zero-order valence-corrected chi connectivity index (χ0v) is 18.0. The molecule has 3 rings (SSSR count). The molecule has 0 saturated carbocycles. The molecule has 3 aromatic rings. The molecular weight excluding hydrogens is 416 g/mol. The number of rotatable bonds is 9. The third-order valence-corrected chi connectivity index (χ3v) is 5.39. The number of amides is 2. The minimum atomic E-state index is -0.879. The van der Waals surface area contributed by atoms with Crippen molar-refractivity contribution in [3.8, 4) is 21.9 Å². The number of hydrogen-bond donors (Lipinski definition) is 2. The standard InChI is InChI=1S/C23H22N2O5S/c1-3-29-17-11-10-15(12-18(17)30-4-2)20(26)22(28)25-23-16(21(24)27)13-19(31-23)14-8-6-5-7-9-14/h5-13H,3-4H2,1-2H3,(H2,24,27)(H,25,28). The van der Waals surface area contributed by atoms with Crippen LogP contribution in [0, 0.1) is 0 Å². The maximum atomic E-state index is 12.7. The SMILES string of the molecule is CCOc1ccc(C(=O)C(=O)Nc2sc(-c3ccccc3)cc2C(N)=O)cc1OCC. The van der Waals surface area contributed by atoms with Crippen molar-refractivity contribution in [3.05, 3.63) is 65.7 Å². The monoisotopic (exact) mass is 438 g/mol. The molecule has 0 atom stereocenters. The van der Waals surface area contributed by atoms with Gasteiger partial charge in [-0.2, -0.15) is 0 Å². The van der Waals surface area contributed by atoms with E-state index in [1.807, 2.05) is 44.2 Å². The first-order valence-corrected chi connectivity index (χ1v) is 10.5. The molecule has 1 aromatic heterocycles. The van der Waals surface area contributed by atoms with Crippen LogP contribution in [0.15, 0.2) is 54.6 Å². The van der Waals surface area contributed by atoms with Crippen molar-refractivity contribution in [1.29, 1.82) is 0 Å². The number of hydrogen-bond acceptors (Lipinski definition) is 6. The number of anilines is 1. The summed E-state index contributed by atoms with van der Waals surface area (Å²) in [5.74, 6) is -1.48. The molecule has 7 nitrogen and oxygen atoms in total. The van der Waals surface area contributed by atoms with Gasteiger partial charge in [-0.15, -0.1) is 11.3 Å². The first-order chi connectivity index (χ1) is 14.9. The van der Waals surface area contributed by atoms with Crippen LogP contribution in [0.4, 0.5) is 5.00 Å². The zero-order valence-electron chi connectivity index (χ0n) is 17.1. The van der Waals surface area contributed by atoms with Crippen LogP contribution < -0.4 is 20.5 Å². The van der Waals surface area contributed by atoms with Gasteiger partial charge < -0.3 is 20.5 Å². The summed E-state index contributed by atoms with van der Waals surface area (Å²) in [7, 11) is 0. The Bertz CT molecular complexity index is 1110. The summed E-state index contributed by atoms with van der Waals surface area (Å²) in [6.07, 6.45) is 0. The lowest BCUT2D eigenvalue weighted by Crippen LogP contribution is -2.24. The fourth-order valence-corrected chi connectivity index (χ4v) is 3.96. The van der Waals surface area contributed by atoms with Gasteiger partial charge in [-0.05, 0) is 43.7 Å². The number of carbonyl (C=O) groups is 3. The summed E-state index contributed by atoms with van der Waals surface area (Å²) in [5, 5.41) is 2.75. The van der Waals surface area contributed by atoms with Crippen molar-refractivity contribution in [1.82, 2.24) is 0 Å². The molecule has 31 heavy (non-hydrogen) atoms. The number of benzene rings is 2. The minimum Gasteiger partial charge on any atom is -0.490 e. The second-order valence-electron chi connectivity index (χ2n) is 6.39. The normalized spacial score (nSPS) is 10.4. The van der Waals surface area contributed by atoms with Crippen molar-refractivity contribution in [2.45, 2.75) is 13.8 Å². The van der Waals surface area contributed by atoms with Gasteiger partial charge in [0.1, 0.15) is 5.00 Å². The highest BCUT2D eigenvalue weighted by Crippen LogP contribution is 2.35. The average Bonchev–Trinajstić information content (AvgIpc) is 3.19. The lowest BCUT2D eigenvalue weighted by atomic mass is 10.1. The quantitative estimate of drug-likeness (QED) is 0.386. The Balaban J connectivity index is 1.86. The number of ether oxygens (including phenoxy) is 2. The highest BCUT2D eigenvalue weighted by atomic mass is 32.1. The maximum absolute atomic E-state index is 12.7. The fourth-order valence-electron chi connectivity index (χ4n) is 2.89. The molecule has 0 fully saturated rings. The highest BCUT2D eigenvalue weighted by Gasteiger charge is 2.22. The molecule has 0 aliphatic rings. The molecule has 0 bridgehead atoms. The number of ketones is 1. The van der Waals surface area contributed by atoms with Crippen LogP contribution in [-0.2, 0) is 4.79 Å². The second-order valence-corrected chi connectivity index (χ2v) is 7.45. The summed E-state index contributed by atoms with van der Waals surface area (Å²) in [6.45, 7) is 4.46. The van der Waals surface area contributed by atoms with Crippen LogP contribution in [0.1, 0.15) is 34.6 Å². The Kier molecular flexibility index (Phi) is 7.04. The molecule has 0 aliphatic carbocycles. The first-order valence-electron chi connectivity index (χ1n) is 9.69. The predicted molar refractivity (Wildman–Crippen MR) is 120 cm³/mol. The van der Waals surface area contributed by atoms with E-state index in [2.05, 4.69) is 5.32 Å². The number of nitrogens with two attached hydrogens (primary N) is 1. The van der Waals surface area contributed by atoms with Crippen molar-refractivity contribution < 1.29 is 23.9 Å². The molecule has 3 N–H and O–H groups in total. The number of Topliss-reactive ketones (excluding diaryl/α,β-unsaturated/α-hetero) is 1. The lowest BCUT2D eigenvalue weighted by molar-refractivity contribution is -0.112. The number of thiophene rings is 1. The van der Waals surface area contributed by atoms with Crippen molar-refractivity contribution in [3.63, 3.8) is 0 Å². The average molecular weight is 439 g/mol. The second kappa shape index (κ2) is 9.90. The smallest absolute Gasteiger partial charge is 0.297 e. The van der Waals surface area contributed by atoms with Crippen LogP contribution in [0.25, 0.3) is 10.4 Å². The predicted octanol–water partition coefficient (Wildman–Crippen LogP) is 4.13. The zero-order chi connectivity index (χ0) is 22.4. The van der Waals surface area contributed by atoms with Gasteiger partial charge in [-0.3, -0.25) is 14.4 Å². The van der Waals surface area contributed by atoms with E-state index >= 15 is 0 Å². The van der Waals surface area contributed by atoms with Crippen LogP contribution in [0.3, 0.4) is 0 Å². The van der Waals surface area contributed by atoms with Crippen LogP contribution in [0.2, 0.25) is 0 Å². The van der Waals surface area contributed by atoms with Gasteiger partial charge in [-0.1, -0.05) is 30.3 Å². The third-order valence-electron chi connectivity index (χ3n) is 4.29. The van der Waals surface area contributed by atoms with Gasteiger partial charge in [0, 0.05) is 10.4 Å². The molecule has 0 aliphatic heterocycles. The third kappa shape index (κ3) is 5.10. The van der Waals surface area contributed by atoms with Gasteiger partial charge in [0.25, 0.3) is 17.6 Å². The summed E-state index contributed by atoms with van der Waals surface area (Å²) in [6, 6.07) is 15.5. The molecule has 160 valence electrons. The molecule has 1 heterocycles. The Labute approximate surface area is 183 Å². The van der Waals surface area contributed by atoms with E-state index in [4.69, 9.17) is 15.2 Å². The summed E-state index contributed by atoms with van der Waals surface area (Å²) in [4.78, 5) is 38.0. The highest BCUT2D eigenvalue weighted by molar-refractivity contribution is 7.20. The molecule has 0 unspecified atom stereocenters. The Morgan fingerprint density at radius 3 is 2.26 bits per heavy atom. The van der Waals surface area contributed by atoms with E-state index in [1.165, 1.54) is 23.5 Å². The van der Waals surface area contributed by atoms with E-state index < -0.39 is 17.6 Å². The van der Waals surface area contributed by atoms with Gasteiger partial charge >= 0.3 is 0 Å². The largest absolute Gasteiger partial charge is 0.490 e. The Hall–Kier alpha value is -3.65. The Morgan fingerprint density at radius 2 is 1.61 bits per heavy atom. The molecule has 0 radical (unpaired) electrons. The summed E-state index contributed by atoms with van der Waals surface area (Å²) >= 11 is 1.17. The number of nitrogens with one attached hydrogen (secondary N) is 1. The topological polar surface area (TPSA) is 108 Å².